The average Bonchev–Trinajstić information content (AvgIpc) is 2.98. The van der Waals surface area contributed by atoms with Crippen LogP contribution in [0, 0.1) is 3.57 Å². The second-order valence-corrected chi connectivity index (χ2v) is 7.17. The van der Waals surface area contributed by atoms with Crippen molar-refractivity contribution in [3.63, 3.8) is 0 Å². The van der Waals surface area contributed by atoms with E-state index < -0.39 is 0 Å². The molecule has 0 aliphatic heterocycles. The molecule has 0 bridgehead atoms. The first-order chi connectivity index (χ1) is 11.1. The number of rotatable bonds is 3. The second-order valence-electron chi connectivity index (χ2n) is 4.63. The van der Waals surface area contributed by atoms with E-state index in [2.05, 4.69) is 38.2 Å². The predicted molar refractivity (Wildman–Crippen MR) is 104 cm³/mol. The maximum atomic E-state index is 12.0. The van der Waals surface area contributed by atoms with Gasteiger partial charge in [-0.2, -0.15) is 0 Å². The fourth-order valence-corrected chi connectivity index (χ4v) is 3.08. The van der Waals surface area contributed by atoms with Crippen LogP contribution in [0.5, 0.6) is 0 Å². The fraction of sp³-hybridized carbons (Fsp3) is 0. The third-order valence-corrected chi connectivity index (χ3v) is 4.70. The number of thiazole rings is 1. The second kappa shape index (κ2) is 7.29. The van der Waals surface area contributed by atoms with Crippen molar-refractivity contribution in [2.75, 3.05) is 10.6 Å². The summed E-state index contributed by atoms with van der Waals surface area (Å²) in [7, 11) is 0. The molecule has 0 fully saturated rings. The van der Waals surface area contributed by atoms with Crippen LogP contribution in [-0.4, -0.2) is 11.0 Å². The third kappa shape index (κ3) is 4.43. The van der Waals surface area contributed by atoms with E-state index in [-0.39, 0.29) is 6.03 Å². The summed E-state index contributed by atoms with van der Waals surface area (Å²) in [6.45, 7) is 0. The Labute approximate surface area is 156 Å². The van der Waals surface area contributed by atoms with Crippen LogP contribution in [0.25, 0.3) is 11.3 Å². The van der Waals surface area contributed by atoms with Gasteiger partial charge < -0.3 is 5.32 Å². The van der Waals surface area contributed by atoms with Crippen LogP contribution in [0.3, 0.4) is 0 Å². The maximum absolute atomic E-state index is 12.0. The number of urea groups is 1. The summed E-state index contributed by atoms with van der Waals surface area (Å²) < 4.78 is 1.11. The number of nitrogens with zero attached hydrogens (tertiary/aromatic N) is 1. The lowest BCUT2D eigenvalue weighted by molar-refractivity contribution is 0.262. The maximum Gasteiger partial charge on any atom is 0.325 e. The summed E-state index contributed by atoms with van der Waals surface area (Å²) in [5, 5.41) is 8.62. The van der Waals surface area contributed by atoms with E-state index in [1.807, 2.05) is 53.9 Å². The molecule has 116 valence electrons. The van der Waals surface area contributed by atoms with Gasteiger partial charge in [0, 0.05) is 25.2 Å². The minimum Gasteiger partial charge on any atom is -0.308 e. The first-order valence-electron chi connectivity index (χ1n) is 6.65. The third-order valence-electron chi connectivity index (χ3n) is 2.97. The van der Waals surface area contributed by atoms with Crippen molar-refractivity contribution in [3.05, 3.63) is 62.5 Å². The van der Waals surface area contributed by atoms with Gasteiger partial charge in [-0.1, -0.05) is 23.7 Å². The lowest BCUT2D eigenvalue weighted by atomic mass is 10.2. The number of halogens is 2. The minimum absolute atomic E-state index is 0.316. The molecular weight excluding hydrogens is 445 g/mol. The van der Waals surface area contributed by atoms with Crippen LogP contribution in [0.4, 0.5) is 15.6 Å². The van der Waals surface area contributed by atoms with E-state index in [1.54, 1.807) is 0 Å². The summed E-state index contributed by atoms with van der Waals surface area (Å²) in [5.41, 5.74) is 2.49. The molecule has 7 heteroatoms. The van der Waals surface area contributed by atoms with Gasteiger partial charge in [-0.15, -0.1) is 11.3 Å². The highest BCUT2D eigenvalue weighted by Gasteiger charge is 2.08. The van der Waals surface area contributed by atoms with E-state index in [0.717, 1.165) is 20.5 Å². The number of aromatic nitrogens is 1. The van der Waals surface area contributed by atoms with Crippen molar-refractivity contribution in [2.24, 2.45) is 0 Å². The van der Waals surface area contributed by atoms with Crippen LogP contribution in [0.15, 0.2) is 53.9 Å². The average molecular weight is 456 g/mol. The number of anilines is 2. The minimum atomic E-state index is -0.316. The van der Waals surface area contributed by atoms with Crippen LogP contribution < -0.4 is 10.6 Å². The van der Waals surface area contributed by atoms with Crippen molar-refractivity contribution in [2.45, 2.75) is 0 Å². The van der Waals surface area contributed by atoms with Crippen molar-refractivity contribution in [1.82, 2.24) is 4.98 Å². The van der Waals surface area contributed by atoms with Crippen molar-refractivity contribution in [1.29, 1.82) is 0 Å². The lowest BCUT2D eigenvalue weighted by Crippen LogP contribution is -2.19. The summed E-state index contributed by atoms with van der Waals surface area (Å²) in [4.78, 5) is 16.4. The van der Waals surface area contributed by atoms with Crippen molar-refractivity contribution >= 4 is 62.4 Å². The Morgan fingerprint density at radius 3 is 2.43 bits per heavy atom. The van der Waals surface area contributed by atoms with Gasteiger partial charge in [-0.3, -0.25) is 5.32 Å². The number of hydrogen-bond acceptors (Lipinski definition) is 3. The molecule has 3 aromatic rings. The molecule has 0 aliphatic carbocycles. The van der Waals surface area contributed by atoms with E-state index in [0.29, 0.717) is 10.2 Å². The Hall–Kier alpha value is -1.64. The van der Waals surface area contributed by atoms with Gasteiger partial charge in [-0.05, 0) is 59.0 Å². The standard InChI is InChI=1S/C16H11ClIN3OS/c17-11-3-1-10(2-4-11)14-9-23-16(20-14)21-15(22)19-13-7-5-12(18)6-8-13/h1-9H,(H2,19,20,21,22). The van der Waals surface area contributed by atoms with Gasteiger partial charge in [-0.25, -0.2) is 9.78 Å². The summed E-state index contributed by atoms with van der Waals surface area (Å²) in [6, 6.07) is 14.7. The number of nitrogens with one attached hydrogen (secondary N) is 2. The Bertz CT molecular complexity index is 818. The molecule has 0 radical (unpaired) electrons. The molecule has 4 nitrogen and oxygen atoms in total. The molecule has 1 heterocycles. The smallest absolute Gasteiger partial charge is 0.308 e. The first-order valence-corrected chi connectivity index (χ1v) is 8.99. The number of benzene rings is 2. The molecule has 2 aromatic carbocycles. The lowest BCUT2D eigenvalue weighted by Gasteiger charge is -2.05. The zero-order chi connectivity index (χ0) is 16.2. The van der Waals surface area contributed by atoms with E-state index in [4.69, 9.17) is 11.6 Å². The monoisotopic (exact) mass is 455 g/mol. The Morgan fingerprint density at radius 1 is 1.04 bits per heavy atom. The SMILES string of the molecule is O=C(Nc1ccc(I)cc1)Nc1nc(-c2ccc(Cl)cc2)cs1. The molecular formula is C16H11ClIN3OS. The molecule has 2 N–H and O–H groups in total. The van der Waals surface area contributed by atoms with Gasteiger partial charge in [0.25, 0.3) is 0 Å². The molecule has 0 atom stereocenters. The molecule has 3 rings (SSSR count). The van der Waals surface area contributed by atoms with Gasteiger partial charge >= 0.3 is 6.03 Å². The molecule has 0 spiro atoms. The first kappa shape index (κ1) is 16.2. The quantitative estimate of drug-likeness (QED) is 0.497. The normalized spacial score (nSPS) is 10.3. The molecule has 1 aromatic heterocycles. The van der Waals surface area contributed by atoms with E-state index in [1.165, 1.54) is 11.3 Å². The highest BCUT2D eigenvalue weighted by Crippen LogP contribution is 2.26. The zero-order valence-electron chi connectivity index (χ0n) is 11.7. The van der Waals surface area contributed by atoms with E-state index in [9.17, 15) is 4.79 Å². The Kier molecular flexibility index (Phi) is 5.14. The molecule has 23 heavy (non-hydrogen) atoms. The Balaban J connectivity index is 1.65. The largest absolute Gasteiger partial charge is 0.325 e. The van der Waals surface area contributed by atoms with Gasteiger partial charge in [0.1, 0.15) is 0 Å². The number of carbonyl (C=O) groups is 1. The molecule has 2 amide bonds. The molecule has 0 saturated carbocycles. The summed E-state index contributed by atoms with van der Waals surface area (Å²) >= 11 is 9.46. The van der Waals surface area contributed by atoms with Crippen molar-refractivity contribution in [3.8, 4) is 11.3 Å². The van der Waals surface area contributed by atoms with Crippen LogP contribution in [-0.2, 0) is 0 Å². The molecule has 0 aliphatic rings. The van der Waals surface area contributed by atoms with E-state index >= 15 is 0 Å². The number of amides is 2. The van der Waals surface area contributed by atoms with Crippen LogP contribution >= 0.6 is 45.5 Å². The van der Waals surface area contributed by atoms with Crippen molar-refractivity contribution < 1.29 is 4.79 Å². The van der Waals surface area contributed by atoms with Crippen LogP contribution in [0.1, 0.15) is 0 Å². The number of hydrogen-bond donors (Lipinski definition) is 2. The van der Waals surface area contributed by atoms with Crippen LogP contribution in [0.2, 0.25) is 5.02 Å². The van der Waals surface area contributed by atoms with Gasteiger partial charge in [0.15, 0.2) is 5.13 Å². The summed E-state index contributed by atoms with van der Waals surface area (Å²) in [6.07, 6.45) is 0. The summed E-state index contributed by atoms with van der Waals surface area (Å²) in [5.74, 6) is 0. The predicted octanol–water partition coefficient (Wildman–Crippen LogP) is 5.71. The van der Waals surface area contributed by atoms with Gasteiger partial charge in [0.05, 0.1) is 5.69 Å². The Morgan fingerprint density at radius 2 is 1.74 bits per heavy atom. The zero-order valence-corrected chi connectivity index (χ0v) is 15.4. The molecule has 0 unspecified atom stereocenters. The number of carbonyl (C=O) groups excluding carboxylic acids is 1. The van der Waals surface area contributed by atoms with Gasteiger partial charge in [0.2, 0.25) is 0 Å². The highest BCUT2D eigenvalue weighted by molar-refractivity contribution is 14.1. The molecule has 0 saturated heterocycles. The topological polar surface area (TPSA) is 54.0 Å². The fourth-order valence-electron chi connectivity index (χ4n) is 1.88. The highest BCUT2D eigenvalue weighted by atomic mass is 127.